The maximum absolute atomic E-state index is 12.4. The van der Waals surface area contributed by atoms with E-state index in [0.717, 1.165) is 23.4 Å². The second-order valence-corrected chi connectivity index (χ2v) is 7.64. The minimum Gasteiger partial charge on any atom is -0.444 e. The molecule has 6 heteroatoms. The molecule has 1 aliphatic heterocycles. The summed E-state index contributed by atoms with van der Waals surface area (Å²) in [7, 11) is 0. The lowest BCUT2D eigenvalue weighted by atomic mass is 10.1. The second-order valence-electron chi connectivity index (χ2n) is 6.72. The SMILES string of the molecule is Cc1ccsc1C(=O)N1CC[C@H](CNC(=O)OC(C)(C)C)C1. The van der Waals surface area contributed by atoms with E-state index in [1.165, 1.54) is 11.3 Å². The number of rotatable bonds is 3. The Morgan fingerprint density at radius 3 is 2.77 bits per heavy atom. The first-order valence-electron chi connectivity index (χ1n) is 7.56. The molecule has 0 spiro atoms. The van der Waals surface area contributed by atoms with Crippen molar-refractivity contribution in [2.24, 2.45) is 5.92 Å². The van der Waals surface area contributed by atoms with Crippen LogP contribution in [0.15, 0.2) is 11.4 Å². The summed E-state index contributed by atoms with van der Waals surface area (Å²) in [6.07, 6.45) is 0.512. The van der Waals surface area contributed by atoms with Gasteiger partial charge in [0.15, 0.2) is 0 Å². The summed E-state index contributed by atoms with van der Waals surface area (Å²) in [5.74, 6) is 0.393. The van der Waals surface area contributed by atoms with Crippen LogP contribution in [0.4, 0.5) is 4.79 Å². The van der Waals surface area contributed by atoms with Gasteiger partial charge in [-0.15, -0.1) is 11.3 Å². The number of aryl methyl sites for hydroxylation is 1. The van der Waals surface area contributed by atoms with Crippen molar-refractivity contribution in [1.29, 1.82) is 0 Å². The molecule has 0 unspecified atom stereocenters. The molecule has 0 radical (unpaired) electrons. The number of carbonyl (C=O) groups excluding carboxylic acids is 2. The highest BCUT2D eigenvalue weighted by atomic mass is 32.1. The highest BCUT2D eigenvalue weighted by Crippen LogP contribution is 2.23. The van der Waals surface area contributed by atoms with Crippen LogP contribution in [0.1, 0.15) is 42.4 Å². The normalized spacial score (nSPS) is 18.4. The van der Waals surface area contributed by atoms with Crippen molar-refractivity contribution in [2.75, 3.05) is 19.6 Å². The number of thiophene rings is 1. The van der Waals surface area contributed by atoms with Gasteiger partial charge in [0.05, 0.1) is 4.88 Å². The third-order valence-corrected chi connectivity index (χ3v) is 4.57. The van der Waals surface area contributed by atoms with Crippen LogP contribution < -0.4 is 5.32 Å². The summed E-state index contributed by atoms with van der Waals surface area (Å²) < 4.78 is 5.22. The Hall–Kier alpha value is -1.56. The van der Waals surface area contributed by atoms with Gasteiger partial charge in [0, 0.05) is 19.6 Å². The molecule has 2 amide bonds. The Labute approximate surface area is 135 Å². The molecule has 122 valence electrons. The van der Waals surface area contributed by atoms with E-state index in [4.69, 9.17) is 4.74 Å². The third-order valence-electron chi connectivity index (χ3n) is 3.56. The minimum atomic E-state index is -0.488. The molecule has 2 heterocycles. The number of hydrogen-bond acceptors (Lipinski definition) is 4. The predicted octanol–water partition coefficient (Wildman–Crippen LogP) is 3.04. The van der Waals surface area contributed by atoms with Crippen LogP contribution in [0.2, 0.25) is 0 Å². The fraction of sp³-hybridized carbons (Fsp3) is 0.625. The monoisotopic (exact) mass is 324 g/mol. The van der Waals surface area contributed by atoms with Crippen molar-refractivity contribution in [3.8, 4) is 0 Å². The second kappa shape index (κ2) is 6.69. The van der Waals surface area contributed by atoms with E-state index < -0.39 is 11.7 Å². The zero-order valence-electron chi connectivity index (χ0n) is 13.6. The van der Waals surface area contributed by atoms with Crippen molar-refractivity contribution >= 4 is 23.3 Å². The summed E-state index contributed by atoms with van der Waals surface area (Å²) >= 11 is 1.49. The van der Waals surface area contributed by atoms with Crippen LogP contribution >= 0.6 is 11.3 Å². The molecule has 5 nitrogen and oxygen atoms in total. The number of ether oxygens (including phenoxy) is 1. The van der Waals surface area contributed by atoms with Crippen molar-refractivity contribution in [3.63, 3.8) is 0 Å². The maximum Gasteiger partial charge on any atom is 0.407 e. The fourth-order valence-electron chi connectivity index (χ4n) is 2.46. The van der Waals surface area contributed by atoms with Crippen LogP contribution in [0.25, 0.3) is 0 Å². The molecule has 1 aromatic heterocycles. The largest absolute Gasteiger partial charge is 0.444 e. The Bertz CT molecular complexity index is 548. The van der Waals surface area contributed by atoms with Gasteiger partial charge in [-0.3, -0.25) is 4.79 Å². The molecule has 0 aromatic carbocycles. The summed E-state index contributed by atoms with van der Waals surface area (Å²) in [5, 5.41) is 4.73. The molecular weight excluding hydrogens is 300 g/mol. The van der Waals surface area contributed by atoms with E-state index in [2.05, 4.69) is 5.32 Å². The van der Waals surface area contributed by atoms with Crippen molar-refractivity contribution in [1.82, 2.24) is 10.2 Å². The van der Waals surface area contributed by atoms with Crippen LogP contribution in [-0.4, -0.2) is 42.1 Å². The zero-order chi connectivity index (χ0) is 16.3. The van der Waals surface area contributed by atoms with Gasteiger partial charge in [-0.25, -0.2) is 4.79 Å². The van der Waals surface area contributed by atoms with Crippen molar-refractivity contribution < 1.29 is 14.3 Å². The number of nitrogens with zero attached hydrogens (tertiary/aromatic N) is 1. The lowest BCUT2D eigenvalue weighted by Gasteiger charge is -2.21. The molecule has 1 saturated heterocycles. The van der Waals surface area contributed by atoms with Gasteiger partial charge >= 0.3 is 6.09 Å². The van der Waals surface area contributed by atoms with E-state index in [0.29, 0.717) is 13.1 Å². The Balaban J connectivity index is 1.80. The highest BCUT2D eigenvalue weighted by Gasteiger charge is 2.28. The standard InChI is InChI=1S/C16H24N2O3S/c1-11-6-8-22-13(11)14(19)18-7-5-12(10-18)9-17-15(20)21-16(2,3)4/h6,8,12H,5,7,9-10H2,1-4H3,(H,17,20)/t12-/m1/s1. The summed E-state index contributed by atoms with van der Waals surface area (Å²) in [4.78, 5) is 26.8. The molecule has 1 aliphatic rings. The van der Waals surface area contributed by atoms with E-state index in [1.54, 1.807) is 0 Å². The molecule has 1 fully saturated rings. The molecule has 0 bridgehead atoms. The first-order valence-corrected chi connectivity index (χ1v) is 8.44. The zero-order valence-corrected chi connectivity index (χ0v) is 14.5. The maximum atomic E-state index is 12.4. The molecule has 1 atom stereocenters. The Kier molecular flexibility index (Phi) is 5.11. The van der Waals surface area contributed by atoms with Gasteiger partial charge in [-0.2, -0.15) is 0 Å². The van der Waals surface area contributed by atoms with Gasteiger partial charge in [-0.1, -0.05) is 0 Å². The van der Waals surface area contributed by atoms with Gasteiger partial charge in [0.1, 0.15) is 5.60 Å². The van der Waals surface area contributed by atoms with Crippen molar-refractivity contribution in [3.05, 3.63) is 21.9 Å². The molecular formula is C16H24N2O3S. The van der Waals surface area contributed by atoms with E-state index in [-0.39, 0.29) is 11.8 Å². The smallest absolute Gasteiger partial charge is 0.407 e. The third kappa shape index (κ3) is 4.47. The van der Waals surface area contributed by atoms with Gasteiger partial charge in [0.25, 0.3) is 5.91 Å². The Morgan fingerprint density at radius 1 is 1.45 bits per heavy atom. The number of likely N-dealkylation sites (tertiary alicyclic amines) is 1. The summed E-state index contributed by atoms with van der Waals surface area (Å²) in [6.45, 7) is 9.45. The first kappa shape index (κ1) is 16.8. The number of nitrogens with one attached hydrogen (secondary N) is 1. The topological polar surface area (TPSA) is 58.6 Å². The molecule has 2 rings (SSSR count). The summed E-state index contributed by atoms with van der Waals surface area (Å²) in [5.41, 5.74) is 0.545. The van der Waals surface area contributed by atoms with Crippen molar-refractivity contribution in [2.45, 2.75) is 39.7 Å². The summed E-state index contributed by atoms with van der Waals surface area (Å²) in [6, 6.07) is 1.97. The number of alkyl carbamates (subject to hydrolysis) is 1. The average molecular weight is 324 g/mol. The first-order chi connectivity index (χ1) is 10.3. The van der Waals surface area contributed by atoms with Crippen LogP contribution in [-0.2, 0) is 4.74 Å². The van der Waals surface area contributed by atoms with E-state index >= 15 is 0 Å². The molecule has 0 saturated carbocycles. The number of hydrogen-bond donors (Lipinski definition) is 1. The quantitative estimate of drug-likeness (QED) is 0.929. The molecule has 0 aliphatic carbocycles. The fourth-order valence-corrected chi connectivity index (χ4v) is 3.35. The van der Waals surface area contributed by atoms with Crippen LogP contribution in [0, 0.1) is 12.8 Å². The lowest BCUT2D eigenvalue weighted by Crippen LogP contribution is -2.36. The molecule has 1 N–H and O–H groups in total. The Morgan fingerprint density at radius 2 is 2.18 bits per heavy atom. The van der Waals surface area contributed by atoms with Crippen LogP contribution in [0.3, 0.4) is 0 Å². The predicted molar refractivity (Wildman–Crippen MR) is 87.3 cm³/mol. The van der Waals surface area contributed by atoms with E-state index in [1.807, 2.05) is 44.0 Å². The highest BCUT2D eigenvalue weighted by molar-refractivity contribution is 7.12. The van der Waals surface area contributed by atoms with Crippen LogP contribution in [0.5, 0.6) is 0 Å². The van der Waals surface area contributed by atoms with Gasteiger partial charge in [0.2, 0.25) is 0 Å². The van der Waals surface area contributed by atoms with Gasteiger partial charge in [-0.05, 0) is 57.0 Å². The average Bonchev–Trinajstić information content (AvgIpc) is 3.02. The van der Waals surface area contributed by atoms with Gasteiger partial charge < -0.3 is 15.0 Å². The number of amides is 2. The van der Waals surface area contributed by atoms with E-state index in [9.17, 15) is 9.59 Å². The molecule has 1 aromatic rings. The lowest BCUT2D eigenvalue weighted by molar-refractivity contribution is 0.0520. The minimum absolute atomic E-state index is 0.104. The molecule has 22 heavy (non-hydrogen) atoms. The number of carbonyl (C=O) groups is 2.